The van der Waals surface area contributed by atoms with Gasteiger partial charge >= 0.3 is 18.0 Å². The van der Waals surface area contributed by atoms with Crippen LogP contribution in [-0.4, -0.2) is 53.6 Å². The Kier molecular flexibility index (Phi) is 7.01. The van der Waals surface area contributed by atoms with Gasteiger partial charge in [-0.3, -0.25) is 0 Å². The minimum absolute atomic E-state index is 0.249. The zero-order chi connectivity index (χ0) is 17.4. The van der Waals surface area contributed by atoms with E-state index in [1.54, 1.807) is 31.2 Å². The highest BCUT2D eigenvalue weighted by Crippen LogP contribution is 2.10. The Labute approximate surface area is 133 Å². The van der Waals surface area contributed by atoms with E-state index in [-0.39, 0.29) is 6.61 Å². The summed E-state index contributed by atoms with van der Waals surface area (Å²) < 4.78 is 9.89. The second-order valence-electron chi connectivity index (χ2n) is 4.85. The Morgan fingerprint density at radius 3 is 2.48 bits per heavy atom. The summed E-state index contributed by atoms with van der Waals surface area (Å²) in [6.45, 7) is 2.29. The van der Waals surface area contributed by atoms with E-state index in [1.807, 2.05) is 5.32 Å². The van der Waals surface area contributed by atoms with Crippen LogP contribution >= 0.6 is 0 Å². The maximum atomic E-state index is 11.9. The van der Waals surface area contributed by atoms with Crippen LogP contribution in [0.2, 0.25) is 0 Å². The normalized spacial score (nSPS) is 12.8. The summed E-state index contributed by atoms with van der Waals surface area (Å²) in [5, 5.41) is 19.4. The molecule has 0 saturated carbocycles. The first-order valence-corrected chi connectivity index (χ1v) is 6.88. The standard InChI is InChI=1S/C15H19NO7/c1-9-5-3-4-6-11(9)14(20)23-10(2)8-22-15(21)16-12(7-17)13(18)19/h3-6,10,12,17H,7-8H2,1-2H3,(H,16,21)(H,18,19)/t10?,12-/m1/s1. The third-order valence-corrected chi connectivity index (χ3v) is 2.90. The zero-order valence-electron chi connectivity index (χ0n) is 12.8. The van der Waals surface area contributed by atoms with Crippen molar-refractivity contribution < 1.29 is 34.1 Å². The van der Waals surface area contributed by atoms with E-state index in [0.29, 0.717) is 5.56 Å². The van der Waals surface area contributed by atoms with Crippen LogP contribution in [0.3, 0.4) is 0 Å². The molecule has 3 N–H and O–H groups in total. The average Bonchev–Trinajstić information content (AvgIpc) is 2.50. The van der Waals surface area contributed by atoms with Crippen LogP contribution in [0.15, 0.2) is 24.3 Å². The van der Waals surface area contributed by atoms with E-state index in [1.165, 1.54) is 6.92 Å². The first-order valence-electron chi connectivity index (χ1n) is 6.88. The number of carbonyl (C=O) groups excluding carboxylic acids is 2. The van der Waals surface area contributed by atoms with E-state index in [0.717, 1.165) is 5.56 Å². The molecule has 0 aliphatic heterocycles. The second-order valence-corrected chi connectivity index (χ2v) is 4.85. The Morgan fingerprint density at radius 2 is 1.91 bits per heavy atom. The van der Waals surface area contributed by atoms with Crippen LogP contribution in [0.5, 0.6) is 0 Å². The molecule has 1 amide bonds. The molecule has 2 atom stereocenters. The van der Waals surface area contributed by atoms with Gasteiger partial charge in [-0.2, -0.15) is 0 Å². The smallest absolute Gasteiger partial charge is 0.408 e. The molecular formula is C15H19NO7. The lowest BCUT2D eigenvalue weighted by molar-refractivity contribution is -0.140. The second kappa shape index (κ2) is 8.74. The number of aliphatic hydroxyl groups excluding tert-OH is 1. The molecule has 8 nitrogen and oxygen atoms in total. The molecule has 0 bridgehead atoms. The molecule has 0 heterocycles. The number of hydrogen-bond donors (Lipinski definition) is 3. The van der Waals surface area contributed by atoms with Crippen LogP contribution in [-0.2, 0) is 14.3 Å². The number of carbonyl (C=O) groups is 3. The molecule has 0 radical (unpaired) electrons. The predicted molar refractivity (Wildman–Crippen MR) is 79.0 cm³/mol. The van der Waals surface area contributed by atoms with E-state index in [4.69, 9.17) is 19.7 Å². The highest BCUT2D eigenvalue weighted by Gasteiger charge is 2.20. The molecular weight excluding hydrogens is 306 g/mol. The number of carboxylic acids is 1. The number of ether oxygens (including phenoxy) is 2. The van der Waals surface area contributed by atoms with Crippen LogP contribution in [0, 0.1) is 6.92 Å². The van der Waals surface area contributed by atoms with Crippen LogP contribution in [0.25, 0.3) is 0 Å². The highest BCUT2D eigenvalue weighted by atomic mass is 16.6. The summed E-state index contributed by atoms with van der Waals surface area (Å²) in [4.78, 5) is 34.0. The number of amides is 1. The minimum Gasteiger partial charge on any atom is -0.480 e. The number of hydrogen-bond acceptors (Lipinski definition) is 6. The fourth-order valence-electron chi connectivity index (χ4n) is 1.64. The zero-order valence-corrected chi connectivity index (χ0v) is 12.8. The van der Waals surface area contributed by atoms with Gasteiger partial charge in [-0.1, -0.05) is 18.2 Å². The molecule has 1 unspecified atom stereocenters. The van der Waals surface area contributed by atoms with Crippen molar-refractivity contribution in [3.8, 4) is 0 Å². The van der Waals surface area contributed by atoms with Crippen molar-refractivity contribution in [3.05, 3.63) is 35.4 Å². The van der Waals surface area contributed by atoms with Gasteiger partial charge in [0.2, 0.25) is 0 Å². The third-order valence-electron chi connectivity index (χ3n) is 2.90. The Hall–Kier alpha value is -2.61. The van der Waals surface area contributed by atoms with Gasteiger partial charge in [0.15, 0.2) is 6.04 Å². The Balaban J connectivity index is 2.44. The monoisotopic (exact) mass is 325 g/mol. The summed E-state index contributed by atoms with van der Waals surface area (Å²) in [7, 11) is 0. The number of aliphatic hydroxyl groups is 1. The first kappa shape index (κ1) is 18.4. The summed E-state index contributed by atoms with van der Waals surface area (Å²) in [6, 6.07) is 5.44. The molecule has 0 aromatic heterocycles. The molecule has 126 valence electrons. The van der Waals surface area contributed by atoms with Crippen molar-refractivity contribution in [2.75, 3.05) is 13.2 Å². The quantitative estimate of drug-likeness (QED) is 0.631. The number of esters is 1. The van der Waals surface area contributed by atoms with Gasteiger partial charge in [0, 0.05) is 0 Å². The van der Waals surface area contributed by atoms with Gasteiger partial charge in [-0.15, -0.1) is 0 Å². The van der Waals surface area contributed by atoms with E-state index in [2.05, 4.69) is 0 Å². The summed E-state index contributed by atoms with van der Waals surface area (Å²) in [5.41, 5.74) is 1.17. The highest BCUT2D eigenvalue weighted by molar-refractivity contribution is 5.91. The van der Waals surface area contributed by atoms with Crippen LogP contribution in [0.4, 0.5) is 4.79 Å². The number of rotatable bonds is 7. The first-order chi connectivity index (χ1) is 10.8. The van der Waals surface area contributed by atoms with Gasteiger partial charge in [-0.05, 0) is 25.5 Å². The molecule has 8 heteroatoms. The van der Waals surface area contributed by atoms with E-state index >= 15 is 0 Å². The lowest BCUT2D eigenvalue weighted by Crippen LogP contribution is -2.44. The van der Waals surface area contributed by atoms with Crippen molar-refractivity contribution >= 4 is 18.0 Å². The maximum absolute atomic E-state index is 11.9. The molecule has 0 saturated heterocycles. The molecule has 0 aliphatic rings. The predicted octanol–water partition coefficient (Wildman–Crippen LogP) is 0.712. The van der Waals surface area contributed by atoms with Crippen molar-refractivity contribution in [3.63, 3.8) is 0 Å². The summed E-state index contributed by atoms with van der Waals surface area (Å²) in [6.07, 6.45) is -1.74. The van der Waals surface area contributed by atoms with E-state index < -0.39 is 36.8 Å². The number of nitrogens with one attached hydrogen (secondary N) is 1. The number of aliphatic carboxylic acids is 1. The van der Waals surface area contributed by atoms with Gasteiger partial charge < -0.3 is 25.0 Å². The summed E-state index contributed by atoms with van der Waals surface area (Å²) in [5.74, 6) is -1.93. The molecule has 0 spiro atoms. The van der Waals surface area contributed by atoms with Crippen LogP contribution < -0.4 is 5.32 Å². The topological polar surface area (TPSA) is 122 Å². The maximum Gasteiger partial charge on any atom is 0.408 e. The number of carboxylic acid groups (broad SMARTS) is 1. The van der Waals surface area contributed by atoms with Crippen molar-refractivity contribution in [1.82, 2.24) is 5.32 Å². The SMILES string of the molecule is Cc1ccccc1C(=O)OC(C)COC(=O)N[C@H](CO)C(=O)O. The molecule has 23 heavy (non-hydrogen) atoms. The van der Waals surface area contributed by atoms with E-state index in [9.17, 15) is 14.4 Å². The fourth-order valence-corrected chi connectivity index (χ4v) is 1.64. The Morgan fingerprint density at radius 1 is 1.26 bits per heavy atom. The summed E-state index contributed by atoms with van der Waals surface area (Å²) >= 11 is 0. The largest absolute Gasteiger partial charge is 0.480 e. The number of aryl methyl sites for hydroxylation is 1. The minimum atomic E-state index is -1.45. The van der Waals surface area contributed by atoms with Crippen molar-refractivity contribution in [2.24, 2.45) is 0 Å². The van der Waals surface area contributed by atoms with Crippen LogP contribution in [0.1, 0.15) is 22.8 Å². The molecule has 0 fully saturated rings. The average molecular weight is 325 g/mol. The molecule has 1 rings (SSSR count). The van der Waals surface area contributed by atoms with Gasteiger partial charge in [0.25, 0.3) is 0 Å². The Bertz CT molecular complexity index is 573. The lowest BCUT2D eigenvalue weighted by Gasteiger charge is -2.16. The van der Waals surface area contributed by atoms with Crippen molar-refractivity contribution in [2.45, 2.75) is 26.0 Å². The molecule has 1 aromatic rings. The number of alkyl carbamates (subject to hydrolysis) is 1. The fraction of sp³-hybridized carbons (Fsp3) is 0.400. The van der Waals surface area contributed by atoms with Crippen molar-refractivity contribution in [1.29, 1.82) is 0 Å². The molecule has 1 aromatic carbocycles. The van der Waals surface area contributed by atoms with Gasteiger partial charge in [0.05, 0.1) is 12.2 Å². The van der Waals surface area contributed by atoms with Gasteiger partial charge in [-0.25, -0.2) is 14.4 Å². The third kappa shape index (κ3) is 5.95. The molecule has 0 aliphatic carbocycles. The lowest BCUT2D eigenvalue weighted by atomic mass is 10.1. The number of benzene rings is 1. The van der Waals surface area contributed by atoms with Gasteiger partial charge in [0.1, 0.15) is 12.7 Å².